The van der Waals surface area contributed by atoms with Gasteiger partial charge in [-0.05, 0) is 13.8 Å². The predicted octanol–water partition coefficient (Wildman–Crippen LogP) is 0.198. The maximum absolute atomic E-state index is 10.1. The molecule has 0 spiro atoms. The molecule has 0 aromatic heterocycles. The van der Waals surface area contributed by atoms with E-state index in [1.165, 1.54) is 5.06 Å². The molecule has 0 bridgehead atoms. The molecular weight excluding hydrogens is 188 g/mol. The molecule has 0 rings (SSSR count). The third kappa shape index (κ3) is 7.78. The van der Waals surface area contributed by atoms with Gasteiger partial charge in [-0.1, -0.05) is 0 Å². The largest absolute Gasteiger partial charge is 0.447 e. The zero-order valence-electron chi connectivity index (χ0n) is 8.60. The topological polar surface area (TPSA) is 85.0 Å². The van der Waals surface area contributed by atoms with Crippen LogP contribution in [-0.4, -0.2) is 48.8 Å². The first kappa shape index (κ1) is 13.2. The van der Waals surface area contributed by atoms with Crippen LogP contribution >= 0.6 is 0 Å². The first-order valence-corrected chi connectivity index (χ1v) is 4.49. The lowest BCUT2D eigenvalue weighted by atomic mass is 10.4. The molecular formula is C8H18N2O4. The van der Waals surface area contributed by atoms with Gasteiger partial charge in [-0.25, -0.2) is 4.79 Å². The Hall–Kier alpha value is -0.850. The molecule has 0 aliphatic rings. The fourth-order valence-electron chi connectivity index (χ4n) is 0.720. The molecule has 0 unspecified atom stereocenters. The van der Waals surface area contributed by atoms with Gasteiger partial charge < -0.3 is 20.4 Å². The Bertz CT molecular complexity index is 163. The molecule has 6 heteroatoms. The van der Waals surface area contributed by atoms with Crippen LogP contribution in [0.25, 0.3) is 0 Å². The van der Waals surface area contributed by atoms with E-state index >= 15 is 0 Å². The molecule has 14 heavy (non-hydrogen) atoms. The average molecular weight is 206 g/mol. The van der Waals surface area contributed by atoms with Crippen LogP contribution in [0.15, 0.2) is 0 Å². The second-order valence-corrected chi connectivity index (χ2v) is 3.04. The van der Waals surface area contributed by atoms with Gasteiger partial charge in [-0.3, -0.25) is 0 Å². The van der Waals surface area contributed by atoms with Crippen molar-refractivity contribution in [3.8, 4) is 0 Å². The average Bonchev–Trinajstić information content (AvgIpc) is 2.09. The molecule has 0 heterocycles. The van der Waals surface area contributed by atoms with E-state index in [0.717, 1.165) is 0 Å². The number of hydrogen-bond acceptors (Lipinski definition) is 5. The summed E-state index contributed by atoms with van der Waals surface area (Å²) >= 11 is 0. The van der Waals surface area contributed by atoms with Gasteiger partial charge >= 0.3 is 6.09 Å². The molecule has 0 aromatic rings. The van der Waals surface area contributed by atoms with E-state index in [0.29, 0.717) is 13.2 Å². The van der Waals surface area contributed by atoms with Gasteiger partial charge in [0.2, 0.25) is 0 Å². The number of carbonyl (C=O) groups is 1. The van der Waals surface area contributed by atoms with Gasteiger partial charge in [-0.2, -0.15) is 5.06 Å². The Morgan fingerprint density at radius 2 is 2.07 bits per heavy atom. The van der Waals surface area contributed by atoms with E-state index in [4.69, 9.17) is 10.5 Å². The number of hydroxylamine groups is 2. The summed E-state index contributed by atoms with van der Waals surface area (Å²) in [6.07, 6.45) is -0.806. The van der Waals surface area contributed by atoms with E-state index < -0.39 is 6.09 Å². The molecule has 84 valence electrons. The third-order valence-corrected chi connectivity index (χ3v) is 1.53. The lowest BCUT2D eigenvalue weighted by molar-refractivity contribution is -0.128. The summed E-state index contributed by atoms with van der Waals surface area (Å²) in [5.41, 5.74) is 4.73. The van der Waals surface area contributed by atoms with Crippen molar-refractivity contribution < 1.29 is 19.5 Å². The second-order valence-electron chi connectivity index (χ2n) is 3.04. The predicted molar refractivity (Wildman–Crippen MR) is 50.0 cm³/mol. The molecule has 1 amide bonds. The smallest absolute Gasteiger partial charge is 0.404 e. The number of nitrogens with zero attached hydrogens (tertiary/aromatic N) is 1. The van der Waals surface area contributed by atoms with Gasteiger partial charge in [0.1, 0.15) is 6.61 Å². The summed E-state index contributed by atoms with van der Waals surface area (Å²) < 4.78 is 9.50. The van der Waals surface area contributed by atoms with Crippen LogP contribution in [0.4, 0.5) is 4.79 Å². The number of nitrogens with two attached hydrogens (primary N) is 1. The summed E-state index contributed by atoms with van der Waals surface area (Å²) in [5.74, 6) is 0. The van der Waals surface area contributed by atoms with Gasteiger partial charge in [0.05, 0.1) is 13.2 Å². The Morgan fingerprint density at radius 1 is 1.43 bits per heavy atom. The van der Waals surface area contributed by atoms with Crippen molar-refractivity contribution in [3.05, 3.63) is 0 Å². The molecule has 6 nitrogen and oxygen atoms in total. The number of ether oxygens (including phenoxy) is 2. The monoisotopic (exact) mass is 206 g/mol. The lowest BCUT2D eigenvalue weighted by Crippen LogP contribution is -2.30. The summed E-state index contributed by atoms with van der Waals surface area (Å²) in [5, 5.41) is 10.4. The van der Waals surface area contributed by atoms with Crippen molar-refractivity contribution in [2.45, 2.75) is 19.9 Å². The van der Waals surface area contributed by atoms with Crippen LogP contribution in [0.1, 0.15) is 13.8 Å². The molecule has 0 fully saturated rings. The lowest BCUT2D eigenvalue weighted by Gasteiger charge is -2.18. The van der Waals surface area contributed by atoms with Crippen LogP contribution in [0.5, 0.6) is 0 Å². The third-order valence-electron chi connectivity index (χ3n) is 1.53. The molecule has 0 radical (unpaired) electrons. The van der Waals surface area contributed by atoms with E-state index in [-0.39, 0.29) is 19.3 Å². The quantitative estimate of drug-likeness (QED) is 0.459. The normalized spacial score (nSPS) is 10.9. The number of amides is 1. The minimum atomic E-state index is -0.806. The zero-order chi connectivity index (χ0) is 11.0. The molecule has 0 aliphatic carbocycles. The van der Waals surface area contributed by atoms with E-state index in [9.17, 15) is 10.0 Å². The van der Waals surface area contributed by atoms with Gasteiger partial charge in [0.15, 0.2) is 0 Å². The van der Waals surface area contributed by atoms with Crippen molar-refractivity contribution in [2.24, 2.45) is 5.73 Å². The van der Waals surface area contributed by atoms with Crippen molar-refractivity contribution in [2.75, 3.05) is 26.4 Å². The second kappa shape index (κ2) is 7.54. The van der Waals surface area contributed by atoms with Gasteiger partial charge in [0, 0.05) is 12.6 Å². The number of primary amides is 1. The SMILES string of the molecule is CC(C)N(O)CCOCCOC(N)=O. The van der Waals surface area contributed by atoms with E-state index in [1.807, 2.05) is 13.8 Å². The Labute approximate surface area is 83.5 Å². The van der Waals surface area contributed by atoms with Crippen LogP contribution in [-0.2, 0) is 9.47 Å². The minimum absolute atomic E-state index is 0.0699. The van der Waals surface area contributed by atoms with Crippen molar-refractivity contribution >= 4 is 6.09 Å². The molecule has 0 aliphatic heterocycles. The Kier molecular flexibility index (Phi) is 7.09. The van der Waals surface area contributed by atoms with Crippen molar-refractivity contribution in [3.63, 3.8) is 0 Å². The zero-order valence-corrected chi connectivity index (χ0v) is 8.60. The highest BCUT2D eigenvalue weighted by Gasteiger charge is 2.04. The summed E-state index contributed by atoms with van der Waals surface area (Å²) in [4.78, 5) is 10.1. The summed E-state index contributed by atoms with van der Waals surface area (Å²) in [7, 11) is 0. The maximum atomic E-state index is 10.1. The van der Waals surface area contributed by atoms with Gasteiger partial charge in [0.25, 0.3) is 0 Å². The Balaban J connectivity index is 3.17. The first-order chi connectivity index (χ1) is 6.54. The van der Waals surface area contributed by atoms with Crippen LogP contribution in [0.2, 0.25) is 0 Å². The van der Waals surface area contributed by atoms with Crippen molar-refractivity contribution in [1.29, 1.82) is 0 Å². The standard InChI is InChI=1S/C8H18N2O4/c1-7(2)10(12)3-4-13-5-6-14-8(9)11/h7,12H,3-6H2,1-2H3,(H2,9,11). The summed E-state index contributed by atoms with van der Waals surface area (Å²) in [6.45, 7) is 4.98. The Morgan fingerprint density at radius 3 is 2.57 bits per heavy atom. The molecule has 0 atom stereocenters. The fourth-order valence-corrected chi connectivity index (χ4v) is 0.720. The summed E-state index contributed by atoms with van der Waals surface area (Å²) in [6, 6.07) is 0.0699. The number of hydrogen-bond donors (Lipinski definition) is 2. The van der Waals surface area contributed by atoms with Crippen LogP contribution < -0.4 is 5.73 Å². The highest BCUT2D eigenvalue weighted by Crippen LogP contribution is 1.91. The van der Waals surface area contributed by atoms with Crippen LogP contribution in [0, 0.1) is 0 Å². The van der Waals surface area contributed by atoms with Crippen LogP contribution in [0.3, 0.4) is 0 Å². The fraction of sp³-hybridized carbons (Fsp3) is 0.875. The molecule has 0 saturated heterocycles. The van der Waals surface area contributed by atoms with Gasteiger partial charge in [-0.15, -0.1) is 0 Å². The van der Waals surface area contributed by atoms with E-state index in [2.05, 4.69) is 4.74 Å². The van der Waals surface area contributed by atoms with Crippen molar-refractivity contribution in [1.82, 2.24) is 5.06 Å². The molecule has 0 saturated carbocycles. The van der Waals surface area contributed by atoms with E-state index in [1.54, 1.807) is 0 Å². The number of carbonyl (C=O) groups excluding carboxylic acids is 1. The molecule has 0 aromatic carbocycles. The first-order valence-electron chi connectivity index (χ1n) is 4.49. The highest BCUT2D eigenvalue weighted by molar-refractivity contribution is 5.64. The molecule has 3 N–H and O–H groups in total. The maximum Gasteiger partial charge on any atom is 0.404 e. The minimum Gasteiger partial charge on any atom is -0.447 e. The number of rotatable bonds is 7. The highest BCUT2D eigenvalue weighted by atomic mass is 16.6.